The highest BCUT2D eigenvalue weighted by Gasteiger charge is 2.22. The van der Waals surface area contributed by atoms with Crippen molar-refractivity contribution in [2.45, 2.75) is 25.8 Å². The summed E-state index contributed by atoms with van der Waals surface area (Å²) in [5.41, 5.74) is 6.32. The van der Waals surface area contributed by atoms with E-state index >= 15 is 0 Å². The lowest BCUT2D eigenvalue weighted by Gasteiger charge is -2.23. The van der Waals surface area contributed by atoms with Gasteiger partial charge in [-0.2, -0.15) is 0 Å². The van der Waals surface area contributed by atoms with Crippen LogP contribution in [0.2, 0.25) is 0 Å². The zero-order chi connectivity index (χ0) is 16.7. The fourth-order valence-electron chi connectivity index (χ4n) is 2.71. The molecule has 134 valence electrons. The predicted octanol–water partition coefficient (Wildman–Crippen LogP) is 1.77. The Bertz CT molecular complexity index is 552. The number of amides is 1. The Kier molecular flexibility index (Phi) is 8.98. The molecule has 1 amide bonds. The molecule has 0 aromatic heterocycles. The topological polar surface area (TPSA) is 82.8 Å². The molecule has 0 radical (unpaired) electrons. The van der Waals surface area contributed by atoms with Crippen LogP contribution in [-0.4, -0.2) is 49.0 Å². The van der Waals surface area contributed by atoms with Crippen molar-refractivity contribution in [1.29, 1.82) is 0 Å². The van der Waals surface area contributed by atoms with E-state index in [1.165, 1.54) is 30.7 Å². The van der Waals surface area contributed by atoms with Crippen LogP contribution in [0, 0.1) is 5.82 Å². The van der Waals surface area contributed by atoms with E-state index in [-0.39, 0.29) is 48.2 Å². The van der Waals surface area contributed by atoms with Gasteiger partial charge in [-0.3, -0.25) is 9.69 Å². The van der Waals surface area contributed by atoms with Crippen LogP contribution >= 0.6 is 24.0 Å². The van der Waals surface area contributed by atoms with E-state index in [1.807, 2.05) is 0 Å². The average Bonchev–Trinajstić information content (AvgIpc) is 3.00. The summed E-state index contributed by atoms with van der Waals surface area (Å²) in [4.78, 5) is 18.2. The summed E-state index contributed by atoms with van der Waals surface area (Å²) in [6.07, 6.45) is 2.36. The first-order valence-electron chi connectivity index (χ1n) is 7.91. The van der Waals surface area contributed by atoms with Crippen molar-refractivity contribution in [1.82, 2.24) is 10.2 Å². The van der Waals surface area contributed by atoms with Gasteiger partial charge in [0.2, 0.25) is 5.91 Å². The molecule has 2 rings (SSSR count). The molecule has 0 spiro atoms. The van der Waals surface area contributed by atoms with Gasteiger partial charge in [0.05, 0.1) is 0 Å². The van der Waals surface area contributed by atoms with Crippen molar-refractivity contribution in [2.75, 3.05) is 31.5 Å². The number of rotatable bonds is 6. The first-order valence-corrected chi connectivity index (χ1v) is 7.91. The lowest BCUT2D eigenvalue weighted by Crippen LogP contribution is -2.43. The quantitative estimate of drug-likeness (QED) is 0.351. The Labute approximate surface area is 159 Å². The molecule has 1 aromatic carbocycles. The molecule has 1 aliphatic heterocycles. The molecule has 1 saturated heterocycles. The maximum absolute atomic E-state index is 12.8. The van der Waals surface area contributed by atoms with Gasteiger partial charge >= 0.3 is 0 Å². The largest absolute Gasteiger partial charge is 0.370 e. The summed E-state index contributed by atoms with van der Waals surface area (Å²) in [7, 11) is 0. The van der Waals surface area contributed by atoms with Crippen LogP contribution in [-0.2, 0) is 4.79 Å². The van der Waals surface area contributed by atoms with Gasteiger partial charge in [0, 0.05) is 18.3 Å². The Morgan fingerprint density at radius 3 is 2.79 bits per heavy atom. The third-order valence-electron chi connectivity index (χ3n) is 3.95. The van der Waals surface area contributed by atoms with E-state index in [0.717, 1.165) is 26.1 Å². The van der Waals surface area contributed by atoms with E-state index in [9.17, 15) is 9.18 Å². The molecule has 0 saturated carbocycles. The zero-order valence-electron chi connectivity index (χ0n) is 13.8. The Balaban J connectivity index is 0.00000288. The average molecular weight is 449 g/mol. The van der Waals surface area contributed by atoms with Gasteiger partial charge < -0.3 is 16.4 Å². The molecular formula is C16H25FIN5O. The van der Waals surface area contributed by atoms with Crippen molar-refractivity contribution in [3.63, 3.8) is 0 Å². The maximum atomic E-state index is 12.8. The summed E-state index contributed by atoms with van der Waals surface area (Å²) in [5, 5.41) is 5.71. The summed E-state index contributed by atoms with van der Waals surface area (Å²) in [6, 6.07) is 6.05. The minimum Gasteiger partial charge on any atom is -0.370 e. The van der Waals surface area contributed by atoms with Crippen LogP contribution < -0.4 is 16.4 Å². The Morgan fingerprint density at radius 1 is 1.42 bits per heavy atom. The molecule has 0 bridgehead atoms. The molecule has 24 heavy (non-hydrogen) atoms. The SMILES string of the molecule is CCN1CCCC1CNC(N)=NCC(=O)Nc1ccc(F)cc1.I. The monoisotopic (exact) mass is 449 g/mol. The molecule has 1 unspecified atom stereocenters. The van der Waals surface area contributed by atoms with Gasteiger partial charge in [0.1, 0.15) is 12.4 Å². The maximum Gasteiger partial charge on any atom is 0.246 e. The highest BCUT2D eigenvalue weighted by Crippen LogP contribution is 2.15. The molecular weight excluding hydrogens is 424 g/mol. The number of nitrogens with one attached hydrogen (secondary N) is 2. The second kappa shape index (κ2) is 10.4. The summed E-state index contributed by atoms with van der Waals surface area (Å²) in [5.74, 6) is -0.373. The highest BCUT2D eigenvalue weighted by atomic mass is 127. The second-order valence-electron chi connectivity index (χ2n) is 5.56. The van der Waals surface area contributed by atoms with Crippen LogP contribution in [0.3, 0.4) is 0 Å². The third-order valence-corrected chi connectivity index (χ3v) is 3.95. The van der Waals surface area contributed by atoms with Crippen molar-refractivity contribution in [2.24, 2.45) is 10.7 Å². The van der Waals surface area contributed by atoms with E-state index in [0.29, 0.717) is 11.7 Å². The summed E-state index contributed by atoms with van der Waals surface area (Å²) in [6.45, 7) is 4.97. The van der Waals surface area contributed by atoms with Gasteiger partial charge in [-0.15, -0.1) is 24.0 Å². The first kappa shape index (κ1) is 20.6. The smallest absolute Gasteiger partial charge is 0.246 e. The molecule has 1 aromatic rings. The van der Waals surface area contributed by atoms with Crippen molar-refractivity contribution in [3.05, 3.63) is 30.1 Å². The zero-order valence-corrected chi connectivity index (χ0v) is 16.1. The van der Waals surface area contributed by atoms with Crippen LogP contribution in [0.4, 0.5) is 10.1 Å². The number of halogens is 2. The predicted molar refractivity (Wildman–Crippen MR) is 105 cm³/mol. The highest BCUT2D eigenvalue weighted by molar-refractivity contribution is 14.0. The van der Waals surface area contributed by atoms with Crippen LogP contribution in [0.25, 0.3) is 0 Å². The number of anilines is 1. The lowest BCUT2D eigenvalue weighted by molar-refractivity contribution is -0.114. The minimum atomic E-state index is -0.345. The third kappa shape index (κ3) is 6.60. The van der Waals surface area contributed by atoms with Gasteiger partial charge in [-0.25, -0.2) is 9.38 Å². The van der Waals surface area contributed by atoms with Crippen LogP contribution in [0.15, 0.2) is 29.3 Å². The standard InChI is InChI=1S/C16H24FN5O.HI/c1-2-22-9-3-4-14(22)10-19-16(18)20-11-15(23)21-13-7-5-12(17)6-8-13;/h5-8,14H,2-4,9-11H2,1H3,(H,21,23)(H3,18,19,20);1H. The number of aliphatic imine (C=N–C) groups is 1. The fraction of sp³-hybridized carbons (Fsp3) is 0.500. The normalized spacial score (nSPS) is 18.1. The molecule has 1 fully saturated rings. The van der Waals surface area contributed by atoms with Crippen LogP contribution in [0.5, 0.6) is 0 Å². The van der Waals surface area contributed by atoms with E-state index < -0.39 is 0 Å². The molecule has 1 aliphatic rings. The van der Waals surface area contributed by atoms with Crippen molar-refractivity contribution in [3.8, 4) is 0 Å². The number of carbonyl (C=O) groups excluding carboxylic acids is 1. The molecule has 0 aliphatic carbocycles. The molecule has 6 nitrogen and oxygen atoms in total. The van der Waals surface area contributed by atoms with Gasteiger partial charge in [-0.1, -0.05) is 6.92 Å². The number of benzene rings is 1. The molecule has 1 heterocycles. The first-order chi connectivity index (χ1) is 11.1. The van der Waals surface area contributed by atoms with E-state index in [2.05, 4.69) is 27.4 Å². The second-order valence-corrected chi connectivity index (χ2v) is 5.56. The lowest BCUT2D eigenvalue weighted by atomic mass is 10.2. The number of guanidine groups is 1. The summed E-state index contributed by atoms with van der Waals surface area (Å²) >= 11 is 0. The Hall–Kier alpha value is -1.42. The summed E-state index contributed by atoms with van der Waals surface area (Å²) < 4.78 is 12.8. The van der Waals surface area contributed by atoms with Gasteiger partial charge in [0.25, 0.3) is 0 Å². The number of likely N-dealkylation sites (tertiary alicyclic amines) is 1. The number of carbonyl (C=O) groups is 1. The molecule has 4 N–H and O–H groups in total. The number of hydrogen-bond acceptors (Lipinski definition) is 3. The van der Waals surface area contributed by atoms with Gasteiger partial charge in [-0.05, 0) is 50.2 Å². The van der Waals surface area contributed by atoms with Crippen molar-refractivity contribution < 1.29 is 9.18 Å². The number of hydrogen-bond donors (Lipinski definition) is 3. The Morgan fingerprint density at radius 2 is 2.12 bits per heavy atom. The fourth-order valence-corrected chi connectivity index (χ4v) is 2.71. The van der Waals surface area contributed by atoms with Crippen molar-refractivity contribution >= 4 is 41.5 Å². The number of nitrogens with two attached hydrogens (primary N) is 1. The van der Waals surface area contributed by atoms with Crippen LogP contribution in [0.1, 0.15) is 19.8 Å². The number of likely N-dealkylation sites (N-methyl/N-ethyl adjacent to an activating group) is 1. The van der Waals surface area contributed by atoms with E-state index in [1.54, 1.807) is 0 Å². The molecule has 8 heteroatoms. The number of nitrogens with zero attached hydrogens (tertiary/aromatic N) is 2. The van der Waals surface area contributed by atoms with E-state index in [4.69, 9.17) is 5.73 Å². The minimum absolute atomic E-state index is 0. The van der Waals surface area contributed by atoms with Gasteiger partial charge in [0.15, 0.2) is 5.96 Å². The molecule has 1 atom stereocenters.